The Morgan fingerprint density at radius 3 is 2.50 bits per heavy atom. The molecule has 2 aromatic rings. The average Bonchev–Trinajstić information content (AvgIpc) is 2.49. The highest BCUT2D eigenvalue weighted by Gasteiger charge is 2.00. The maximum Gasteiger partial charge on any atom is 0.261 e. The molecule has 0 aliphatic carbocycles. The fraction of sp³-hybridized carbons (Fsp3) is 0.0714. The van der Waals surface area contributed by atoms with Gasteiger partial charge in [-0.3, -0.25) is 0 Å². The van der Waals surface area contributed by atoms with Crippen LogP contribution in [0.25, 0.3) is 10.4 Å². The van der Waals surface area contributed by atoms with Gasteiger partial charge < -0.3 is 10.1 Å². The van der Waals surface area contributed by atoms with Gasteiger partial charge in [0.25, 0.3) is 5.17 Å². The smallest absolute Gasteiger partial charge is 0.261 e. The van der Waals surface area contributed by atoms with Crippen LogP contribution in [0.15, 0.2) is 59.7 Å². The molecule has 1 N–H and O–H groups in total. The lowest BCUT2D eigenvalue weighted by Crippen LogP contribution is -2.12. The van der Waals surface area contributed by atoms with Crippen molar-refractivity contribution in [2.45, 2.75) is 6.61 Å². The van der Waals surface area contributed by atoms with E-state index >= 15 is 0 Å². The largest absolute Gasteiger partial charge is 0.466 e. The lowest BCUT2D eigenvalue weighted by Gasteiger charge is -2.09. The summed E-state index contributed by atoms with van der Waals surface area (Å²) in [7, 11) is 0. The number of nitrogens with one attached hydrogen (secondary N) is 1. The van der Waals surface area contributed by atoms with Crippen molar-refractivity contribution in [2.75, 3.05) is 5.32 Å². The number of hydrogen-bond acceptors (Lipinski definition) is 3. The van der Waals surface area contributed by atoms with Crippen molar-refractivity contribution in [1.29, 1.82) is 0 Å². The van der Waals surface area contributed by atoms with Gasteiger partial charge in [-0.15, -0.1) is 0 Å². The summed E-state index contributed by atoms with van der Waals surface area (Å²) in [6, 6.07) is 16.7. The second kappa shape index (κ2) is 7.13. The molecule has 2 aromatic carbocycles. The Morgan fingerprint density at radius 2 is 1.85 bits per heavy atom. The molecule has 0 aromatic heterocycles. The molecule has 2 rings (SSSR count). The van der Waals surface area contributed by atoms with E-state index in [9.17, 15) is 0 Å². The molecule has 0 fully saturated rings. The van der Waals surface area contributed by atoms with E-state index in [2.05, 4.69) is 15.3 Å². The molecular formula is C14H12N4OS. The molecule has 100 valence electrons. The van der Waals surface area contributed by atoms with E-state index in [1.54, 1.807) is 24.3 Å². The van der Waals surface area contributed by atoms with Gasteiger partial charge in [0.05, 0.1) is 0 Å². The molecule has 0 radical (unpaired) electrons. The Labute approximate surface area is 121 Å². The first-order valence-electron chi connectivity index (χ1n) is 5.91. The maximum absolute atomic E-state index is 8.31. The Morgan fingerprint density at radius 1 is 1.15 bits per heavy atom. The summed E-state index contributed by atoms with van der Waals surface area (Å²) in [5, 5.41) is 6.74. The van der Waals surface area contributed by atoms with Gasteiger partial charge in [0.15, 0.2) is 0 Å². The molecule has 6 heteroatoms. The van der Waals surface area contributed by atoms with Gasteiger partial charge >= 0.3 is 0 Å². The van der Waals surface area contributed by atoms with Crippen molar-refractivity contribution in [3.05, 3.63) is 70.6 Å². The van der Waals surface area contributed by atoms with Gasteiger partial charge in [-0.25, -0.2) is 0 Å². The number of hydrogen-bond donors (Lipinski definition) is 1. The van der Waals surface area contributed by atoms with Crippen molar-refractivity contribution >= 4 is 28.8 Å². The van der Waals surface area contributed by atoms with E-state index in [4.69, 9.17) is 22.5 Å². The topological polar surface area (TPSA) is 70.0 Å². The number of nitrogens with zero attached hydrogens (tertiary/aromatic N) is 3. The minimum Gasteiger partial charge on any atom is -0.466 e. The first kappa shape index (κ1) is 13.9. The van der Waals surface area contributed by atoms with Crippen LogP contribution >= 0.6 is 12.2 Å². The zero-order chi connectivity index (χ0) is 14.2. The van der Waals surface area contributed by atoms with Crippen LogP contribution in [0.2, 0.25) is 0 Å². The van der Waals surface area contributed by atoms with Gasteiger partial charge in [0.1, 0.15) is 6.61 Å². The molecule has 0 saturated heterocycles. The molecule has 20 heavy (non-hydrogen) atoms. The van der Waals surface area contributed by atoms with Crippen LogP contribution in [0.4, 0.5) is 11.4 Å². The van der Waals surface area contributed by atoms with Crippen LogP contribution in [0.1, 0.15) is 5.56 Å². The zero-order valence-corrected chi connectivity index (χ0v) is 11.4. The zero-order valence-electron chi connectivity index (χ0n) is 10.6. The fourth-order valence-corrected chi connectivity index (χ4v) is 1.72. The summed E-state index contributed by atoms with van der Waals surface area (Å²) in [6.07, 6.45) is 0. The molecule has 0 aliphatic heterocycles. The van der Waals surface area contributed by atoms with E-state index in [1.165, 1.54) is 0 Å². The number of rotatable bonds is 4. The molecule has 0 unspecified atom stereocenters. The third-order valence-corrected chi connectivity index (χ3v) is 2.71. The minimum absolute atomic E-state index is 0.297. The fourth-order valence-electron chi connectivity index (χ4n) is 1.54. The Bertz CT molecular complexity index is 621. The van der Waals surface area contributed by atoms with Crippen molar-refractivity contribution in [1.82, 2.24) is 0 Å². The number of thiocarbonyl (C=S) groups is 1. The average molecular weight is 284 g/mol. The second-order valence-corrected chi connectivity index (χ2v) is 4.29. The standard InChI is InChI=1S/C14H12N4OS/c15-18-17-13-8-6-12(7-9-13)16-14(20)19-10-11-4-2-1-3-5-11/h1-9H,10H2,(H,16,20). The van der Waals surface area contributed by atoms with E-state index in [0.717, 1.165) is 11.3 Å². The Kier molecular flexibility index (Phi) is 4.94. The van der Waals surface area contributed by atoms with Gasteiger partial charge in [-0.1, -0.05) is 47.6 Å². The Balaban J connectivity index is 1.86. The molecule has 0 atom stereocenters. The second-order valence-electron chi connectivity index (χ2n) is 3.92. The normalized spacial score (nSPS) is 9.40. The SMILES string of the molecule is [N-]=[N+]=Nc1ccc(NC(=S)OCc2ccccc2)cc1. The molecule has 0 bridgehead atoms. The molecule has 0 aliphatic rings. The highest BCUT2D eigenvalue weighted by atomic mass is 32.1. The lowest BCUT2D eigenvalue weighted by molar-refractivity contribution is 0.300. The first-order valence-corrected chi connectivity index (χ1v) is 6.31. The number of azide groups is 1. The van der Waals surface area contributed by atoms with Gasteiger partial charge in [-0.05, 0) is 35.4 Å². The van der Waals surface area contributed by atoms with Crippen LogP contribution in [-0.2, 0) is 11.3 Å². The van der Waals surface area contributed by atoms with Crippen LogP contribution in [0, 0.1) is 0 Å². The lowest BCUT2D eigenvalue weighted by atomic mass is 10.2. The Hall–Kier alpha value is -2.56. The third-order valence-electron chi connectivity index (χ3n) is 2.49. The summed E-state index contributed by atoms with van der Waals surface area (Å²) in [4.78, 5) is 2.71. The quantitative estimate of drug-likeness (QED) is 0.388. The van der Waals surface area contributed by atoms with E-state index < -0.39 is 0 Å². The van der Waals surface area contributed by atoms with E-state index in [-0.39, 0.29) is 0 Å². The predicted octanol–water partition coefficient (Wildman–Crippen LogP) is 4.54. The number of benzene rings is 2. The summed E-state index contributed by atoms with van der Waals surface area (Å²) in [5.41, 5.74) is 10.7. The molecule has 0 spiro atoms. The molecule has 0 heterocycles. The highest BCUT2D eigenvalue weighted by molar-refractivity contribution is 7.80. The van der Waals surface area contributed by atoms with Gasteiger partial charge in [0.2, 0.25) is 0 Å². The summed E-state index contributed by atoms with van der Waals surface area (Å²) >= 11 is 5.10. The van der Waals surface area contributed by atoms with Crippen LogP contribution in [-0.4, -0.2) is 5.17 Å². The van der Waals surface area contributed by atoms with Crippen LogP contribution in [0.3, 0.4) is 0 Å². The number of anilines is 1. The van der Waals surface area contributed by atoms with E-state index in [0.29, 0.717) is 17.5 Å². The number of ether oxygens (including phenoxy) is 1. The molecular weight excluding hydrogens is 272 g/mol. The van der Waals surface area contributed by atoms with E-state index in [1.807, 2.05) is 30.3 Å². The summed E-state index contributed by atoms with van der Waals surface area (Å²) < 4.78 is 5.45. The summed E-state index contributed by atoms with van der Waals surface area (Å²) in [6.45, 7) is 0.420. The summed E-state index contributed by atoms with van der Waals surface area (Å²) in [5.74, 6) is 0. The monoisotopic (exact) mass is 284 g/mol. The first-order chi connectivity index (χ1) is 9.78. The van der Waals surface area contributed by atoms with Crippen LogP contribution in [0.5, 0.6) is 0 Å². The molecule has 5 nitrogen and oxygen atoms in total. The van der Waals surface area contributed by atoms with Crippen molar-refractivity contribution in [3.63, 3.8) is 0 Å². The minimum atomic E-state index is 0.297. The van der Waals surface area contributed by atoms with Gasteiger partial charge in [-0.2, -0.15) is 0 Å². The molecule has 0 saturated carbocycles. The molecule has 0 amide bonds. The third kappa shape index (κ3) is 4.28. The maximum atomic E-state index is 8.31. The predicted molar refractivity (Wildman–Crippen MR) is 82.7 cm³/mol. The van der Waals surface area contributed by atoms with Crippen molar-refractivity contribution < 1.29 is 4.74 Å². The van der Waals surface area contributed by atoms with Gasteiger partial charge in [0, 0.05) is 16.3 Å². The highest BCUT2D eigenvalue weighted by Crippen LogP contribution is 2.16. The van der Waals surface area contributed by atoms with Crippen molar-refractivity contribution in [2.24, 2.45) is 5.11 Å². The van der Waals surface area contributed by atoms with Crippen LogP contribution < -0.4 is 5.32 Å². The van der Waals surface area contributed by atoms with Crippen molar-refractivity contribution in [3.8, 4) is 0 Å².